The van der Waals surface area contributed by atoms with Gasteiger partial charge in [0.25, 0.3) is 5.91 Å². The average Bonchev–Trinajstić information content (AvgIpc) is 2.82. The van der Waals surface area contributed by atoms with Crippen LogP contribution in [0.2, 0.25) is 0 Å². The Labute approximate surface area is 122 Å². The molecule has 0 spiro atoms. The molecule has 20 heavy (non-hydrogen) atoms. The minimum atomic E-state index is -0.108. The van der Waals surface area contributed by atoms with Gasteiger partial charge in [-0.2, -0.15) is 0 Å². The van der Waals surface area contributed by atoms with Crippen LogP contribution >= 0.6 is 11.3 Å². The summed E-state index contributed by atoms with van der Waals surface area (Å²) in [7, 11) is 0. The van der Waals surface area contributed by atoms with Gasteiger partial charge in [-0.15, -0.1) is 11.3 Å². The molecule has 0 radical (unpaired) electrons. The molecule has 0 saturated heterocycles. The van der Waals surface area contributed by atoms with Crippen LogP contribution < -0.4 is 0 Å². The highest BCUT2D eigenvalue weighted by Gasteiger charge is 2.25. The lowest BCUT2D eigenvalue weighted by Crippen LogP contribution is -2.18. The van der Waals surface area contributed by atoms with Gasteiger partial charge in [0.15, 0.2) is 0 Å². The number of fused-ring (bicyclic) bond motifs is 1. The van der Waals surface area contributed by atoms with Crippen molar-refractivity contribution in [2.45, 2.75) is 26.7 Å². The van der Waals surface area contributed by atoms with Gasteiger partial charge in [-0.1, -0.05) is 19.9 Å². The van der Waals surface area contributed by atoms with Gasteiger partial charge in [-0.05, 0) is 35.4 Å². The van der Waals surface area contributed by atoms with Gasteiger partial charge in [-0.25, -0.2) is 4.99 Å². The van der Waals surface area contributed by atoms with Crippen LogP contribution in [0.15, 0.2) is 34.8 Å². The molecule has 4 heteroatoms. The topological polar surface area (TPSA) is 42.3 Å². The van der Waals surface area contributed by atoms with Gasteiger partial charge >= 0.3 is 0 Å². The molecule has 1 aliphatic heterocycles. The summed E-state index contributed by atoms with van der Waals surface area (Å²) < 4.78 is 0. The van der Waals surface area contributed by atoms with Crippen LogP contribution in [0.4, 0.5) is 0 Å². The molecule has 3 heterocycles. The predicted octanol–water partition coefficient (Wildman–Crippen LogP) is 3.53. The average molecular weight is 284 g/mol. The Morgan fingerprint density at radius 1 is 1.35 bits per heavy atom. The van der Waals surface area contributed by atoms with Crippen LogP contribution in [0.3, 0.4) is 0 Å². The molecule has 0 saturated carbocycles. The summed E-state index contributed by atoms with van der Waals surface area (Å²) >= 11 is 1.67. The number of hydrogen-bond donors (Lipinski definition) is 0. The third-order valence-electron chi connectivity index (χ3n) is 3.31. The molecular formula is C16H16N2OS. The Bertz CT molecular complexity index is 671. The smallest absolute Gasteiger partial charge is 0.267 e. The first-order valence-corrected chi connectivity index (χ1v) is 7.65. The first-order valence-electron chi connectivity index (χ1n) is 6.77. The van der Waals surface area contributed by atoms with Crippen LogP contribution in [0.25, 0.3) is 0 Å². The van der Waals surface area contributed by atoms with E-state index in [1.165, 1.54) is 0 Å². The van der Waals surface area contributed by atoms with Gasteiger partial charge in [-0.3, -0.25) is 9.78 Å². The van der Waals surface area contributed by atoms with Crippen molar-refractivity contribution in [2.24, 2.45) is 10.9 Å². The van der Waals surface area contributed by atoms with E-state index in [4.69, 9.17) is 0 Å². The van der Waals surface area contributed by atoms with Crippen LogP contribution in [-0.2, 0) is 12.8 Å². The number of aliphatic imine (C=N–C) groups is 1. The van der Waals surface area contributed by atoms with Gasteiger partial charge in [0.1, 0.15) is 0 Å². The highest BCUT2D eigenvalue weighted by Crippen LogP contribution is 2.30. The molecule has 3 nitrogen and oxygen atoms in total. The number of amides is 1. The zero-order valence-corrected chi connectivity index (χ0v) is 12.4. The highest BCUT2D eigenvalue weighted by atomic mass is 32.1. The minimum Gasteiger partial charge on any atom is -0.267 e. The normalized spacial score (nSPS) is 14.3. The zero-order chi connectivity index (χ0) is 14.1. The predicted molar refractivity (Wildman–Crippen MR) is 81.7 cm³/mol. The molecule has 1 aliphatic rings. The van der Waals surface area contributed by atoms with Crippen LogP contribution in [0.1, 0.15) is 40.3 Å². The van der Waals surface area contributed by atoms with E-state index in [0.29, 0.717) is 12.3 Å². The maximum absolute atomic E-state index is 12.3. The molecule has 0 unspecified atom stereocenters. The second-order valence-corrected chi connectivity index (χ2v) is 6.38. The Balaban J connectivity index is 1.95. The van der Waals surface area contributed by atoms with Crippen molar-refractivity contribution in [2.75, 3.05) is 0 Å². The molecule has 0 aliphatic carbocycles. The summed E-state index contributed by atoms with van der Waals surface area (Å²) in [6.07, 6.45) is 3.38. The summed E-state index contributed by atoms with van der Waals surface area (Å²) in [5, 5.41) is 2.11. The van der Waals surface area contributed by atoms with Crippen molar-refractivity contribution in [3.05, 3.63) is 51.5 Å². The van der Waals surface area contributed by atoms with Crippen molar-refractivity contribution < 1.29 is 4.79 Å². The summed E-state index contributed by atoms with van der Waals surface area (Å²) in [6.45, 7) is 4.33. The number of nitrogens with zero attached hydrogens (tertiary/aromatic N) is 2. The molecule has 0 bridgehead atoms. The van der Waals surface area contributed by atoms with E-state index < -0.39 is 0 Å². The molecule has 0 atom stereocenters. The lowest BCUT2D eigenvalue weighted by atomic mass is 9.96. The van der Waals surface area contributed by atoms with E-state index in [1.807, 2.05) is 18.2 Å². The number of pyridine rings is 1. The SMILES string of the molecule is CC(C)Cc1csc2c1C(=O)N=C(c1ccccn1)C2. The molecular weight excluding hydrogens is 268 g/mol. The van der Waals surface area contributed by atoms with Gasteiger partial charge in [0.2, 0.25) is 0 Å². The number of carbonyl (C=O) groups excluding carboxylic acids is 1. The number of carbonyl (C=O) groups is 1. The Hall–Kier alpha value is -1.81. The second kappa shape index (κ2) is 5.29. The van der Waals surface area contributed by atoms with Crippen LogP contribution in [0, 0.1) is 5.92 Å². The van der Waals surface area contributed by atoms with Crippen molar-refractivity contribution >= 4 is 23.0 Å². The minimum absolute atomic E-state index is 0.108. The summed E-state index contributed by atoms with van der Waals surface area (Å²) in [5.74, 6) is 0.437. The van der Waals surface area contributed by atoms with Crippen LogP contribution in [-0.4, -0.2) is 16.6 Å². The molecule has 0 N–H and O–H groups in total. The van der Waals surface area contributed by atoms with Gasteiger partial charge in [0.05, 0.1) is 17.0 Å². The van der Waals surface area contributed by atoms with Crippen LogP contribution in [0.5, 0.6) is 0 Å². The first kappa shape index (κ1) is 13.2. The van der Waals surface area contributed by atoms with E-state index in [2.05, 4.69) is 29.2 Å². The number of aromatic nitrogens is 1. The Morgan fingerprint density at radius 3 is 2.90 bits per heavy atom. The quantitative estimate of drug-likeness (QED) is 0.865. The number of hydrogen-bond acceptors (Lipinski definition) is 3. The fourth-order valence-corrected chi connectivity index (χ4v) is 3.52. The van der Waals surface area contributed by atoms with E-state index in [0.717, 1.165) is 33.8 Å². The highest BCUT2D eigenvalue weighted by molar-refractivity contribution is 7.10. The fraction of sp³-hybridized carbons (Fsp3) is 0.312. The van der Waals surface area contributed by atoms with Gasteiger partial charge < -0.3 is 0 Å². The van der Waals surface area contributed by atoms with E-state index in [1.54, 1.807) is 17.5 Å². The van der Waals surface area contributed by atoms with E-state index in [9.17, 15) is 4.79 Å². The fourth-order valence-electron chi connectivity index (χ4n) is 2.47. The van der Waals surface area contributed by atoms with Crippen molar-refractivity contribution in [1.29, 1.82) is 0 Å². The number of thiophene rings is 1. The van der Waals surface area contributed by atoms with E-state index in [-0.39, 0.29) is 5.91 Å². The Kier molecular flexibility index (Phi) is 3.49. The monoisotopic (exact) mass is 284 g/mol. The molecule has 102 valence electrons. The maximum atomic E-state index is 12.3. The number of rotatable bonds is 3. The molecule has 2 aromatic heterocycles. The van der Waals surface area contributed by atoms with Crippen molar-refractivity contribution in [3.63, 3.8) is 0 Å². The third-order valence-corrected chi connectivity index (χ3v) is 4.35. The first-order chi connectivity index (χ1) is 9.65. The third kappa shape index (κ3) is 2.43. The molecule has 3 rings (SSSR count). The standard InChI is InChI=1S/C16H16N2OS/c1-10(2)7-11-9-20-14-8-13(18-16(19)15(11)14)12-5-3-4-6-17-12/h3-6,9-10H,7-8H2,1-2H3. The largest absolute Gasteiger partial charge is 0.278 e. The van der Waals surface area contributed by atoms with E-state index >= 15 is 0 Å². The molecule has 0 fully saturated rings. The molecule has 2 aromatic rings. The lowest BCUT2D eigenvalue weighted by molar-refractivity contribution is 0.1000. The lowest BCUT2D eigenvalue weighted by Gasteiger charge is -2.13. The second-order valence-electron chi connectivity index (χ2n) is 5.41. The maximum Gasteiger partial charge on any atom is 0.278 e. The van der Waals surface area contributed by atoms with Gasteiger partial charge in [0, 0.05) is 17.5 Å². The van der Waals surface area contributed by atoms with Crippen molar-refractivity contribution in [3.8, 4) is 0 Å². The van der Waals surface area contributed by atoms with Crippen molar-refractivity contribution in [1.82, 2.24) is 4.98 Å². The Morgan fingerprint density at radius 2 is 2.20 bits per heavy atom. The zero-order valence-electron chi connectivity index (χ0n) is 11.6. The summed E-state index contributed by atoms with van der Waals surface area (Å²) in [6, 6.07) is 5.69. The molecule has 1 amide bonds. The molecule has 0 aromatic carbocycles. The summed E-state index contributed by atoms with van der Waals surface area (Å²) in [5.41, 5.74) is 3.56. The summed E-state index contributed by atoms with van der Waals surface area (Å²) in [4.78, 5) is 22.0.